The van der Waals surface area contributed by atoms with Crippen LogP contribution in [-0.4, -0.2) is 53.8 Å². The number of aliphatic hydroxyl groups excluding tert-OH is 1. The van der Waals surface area contributed by atoms with Crippen molar-refractivity contribution in [2.75, 3.05) is 14.2 Å². The minimum absolute atomic E-state index is 0.0182. The number of ketones is 1. The van der Waals surface area contributed by atoms with Crippen LogP contribution < -0.4 is 4.74 Å². The average molecular weight is 515 g/mol. The van der Waals surface area contributed by atoms with E-state index in [2.05, 4.69) is 5.73 Å². The normalized spacial score (nSPS) is 36.8. The van der Waals surface area contributed by atoms with E-state index in [0.717, 1.165) is 12.8 Å². The van der Waals surface area contributed by atoms with Gasteiger partial charge in [0.2, 0.25) is 5.78 Å². The van der Waals surface area contributed by atoms with Crippen LogP contribution in [0.4, 0.5) is 0 Å². The lowest BCUT2D eigenvalue weighted by molar-refractivity contribution is -0.244. The fourth-order valence-electron chi connectivity index (χ4n) is 5.94. The fraction of sp³-hybridized carbons (Fsp3) is 0.481. The molecule has 1 aliphatic heterocycles. The quantitative estimate of drug-likeness (QED) is 0.370. The van der Waals surface area contributed by atoms with E-state index in [1.807, 2.05) is 0 Å². The molecule has 1 aromatic rings. The van der Waals surface area contributed by atoms with Crippen molar-refractivity contribution < 1.29 is 38.4 Å². The molecule has 5 aliphatic rings. The lowest BCUT2D eigenvalue weighted by atomic mass is 9.49. The number of benzene rings is 1. The molecule has 9 heteroatoms. The molecule has 0 amide bonds. The number of aliphatic hydroxyl groups is 1. The Kier molecular flexibility index (Phi) is 5.63. The summed E-state index contributed by atoms with van der Waals surface area (Å²) in [5, 5.41) is 10.4. The summed E-state index contributed by atoms with van der Waals surface area (Å²) >= 11 is 7.17. The molecule has 0 saturated heterocycles. The van der Waals surface area contributed by atoms with Crippen LogP contribution in [0, 0.1) is 10.8 Å². The van der Waals surface area contributed by atoms with E-state index in [0.29, 0.717) is 18.4 Å². The molecule has 1 N–H and O–H groups in total. The van der Waals surface area contributed by atoms with Crippen LogP contribution in [-0.2, 0) is 23.8 Å². The lowest BCUT2D eigenvalue weighted by Crippen LogP contribution is -2.79. The van der Waals surface area contributed by atoms with Crippen molar-refractivity contribution >= 4 is 29.3 Å². The predicted octanol–water partition coefficient (Wildman–Crippen LogP) is 3.61. The standard InChI is InChI=1S/C27H27ClO8/c1-24(13-12-16-8-4-6-10-18(16)29)15-25(23(32)34-3)14-20(33-2)26(24,28)22(31)27(25)35-19-11-7-5-9-17(19)21(30)36-27/h5,7,9,11,13-14,18,29H,4,6,8,10,15H2,1-3H3/t12?,18-,24-,25-,26-,27?/m0/s1. The molecule has 36 heavy (non-hydrogen) atoms. The van der Waals surface area contributed by atoms with Crippen molar-refractivity contribution in [3.8, 4) is 5.75 Å². The zero-order valence-corrected chi connectivity index (χ0v) is 21.0. The highest BCUT2D eigenvalue weighted by atomic mass is 35.5. The smallest absolute Gasteiger partial charge is 0.345 e. The summed E-state index contributed by atoms with van der Waals surface area (Å²) in [6.07, 6.45) is 5.36. The Morgan fingerprint density at radius 3 is 2.67 bits per heavy atom. The Labute approximate surface area is 213 Å². The van der Waals surface area contributed by atoms with E-state index in [4.69, 9.17) is 30.5 Å². The molecule has 4 aliphatic carbocycles. The first-order chi connectivity index (χ1) is 17.1. The molecule has 2 bridgehead atoms. The number of alkyl halides is 1. The molecule has 1 spiro atoms. The molecule has 2 saturated carbocycles. The monoisotopic (exact) mass is 514 g/mol. The second-order valence-corrected chi connectivity index (χ2v) is 10.5. The highest BCUT2D eigenvalue weighted by Gasteiger charge is 2.83. The van der Waals surface area contributed by atoms with E-state index < -0.39 is 45.3 Å². The van der Waals surface area contributed by atoms with Gasteiger partial charge in [0.25, 0.3) is 0 Å². The number of carbonyl (C=O) groups is 3. The molecular formula is C27H27ClO8. The third-order valence-corrected chi connectivity index (χ3v) is 8.66. The third kappa shape index (κ3) is 3.01. The van der Waals surface area contributed by atoms with Gasteiger partial charge in [-0.2, -0.15) is 0 Å². The maximum atomic E-state index is 14.4. The Balaban J connectivity index is 1.75. The zero-order valence-electron chi connectivity index (χ0n) is 20.3. The van der Waals surface area contributed by atoms with E-state index in [1.165, 1.54) is 32.4 Å². The van der Waals surface area contributed by atoms with Crippen LogP contribution in [0.5, 0.6) is 5.75 Å². The first-order valence-electron chi connectivity index (χ1n) is 11.8. The number of hydrogen-bond donors (Lipinski definition) is 1. The third-order valence-electron chi connectivity index (χ3n) is 7.87. The number of Topliss-reactive ketones (excluding diaryl/α,β-unsaturated/α-hetero) is 1. The van der Waals surface area contributed by atoms with Crippen LogP contribution in [0.1, 0.15) is 49.4 Å². The topological polar surface area (TPSA) is 108 Å². The zero-order chi connectivity index (χ0) is 25.9. The summed E-state index contributed by atoms with van der Waals surface area (Å²) in [4.78, 5) is 39.1. The van der Waals surface area contributed by atoms with E-state index >= 15 is 0 Å². The van der Waals surface area contributed by atoms with Crippen molar-refractivity contribution in [2.45, 2.75) is 55.8 Å². The van der Waals surface area contributed by atoms with Gasteiger partial charge in [-0.05, 0) is 55.5 Å². The van der Waals surface area contributed by atoms with Crippen molar-refractivity contribution in [3.05, 3.63) is 59.0 Å². The van der Waals surface area contributed by atoms with E-state index in [9.17, 15) is 19.5 Å². The lowest BCUT2D eigenvalue weighted by Gasteiger charge is -2.61. The molecule has 1 unspecified atom stereocenters. The van der Waals surface area contributed by atoms with Crippen molar-refractivity contribution in [3.63, 3.8) is 0 Å². The van der Waals surface area contributed by atoms with Crippen LogP contribution in [0.25, 0.3) is 0 Å². The number of para-hydroxylation sites is 1. The number of hydrogen-bond acceptors (Lipinski definition) is 8. The van der Waals surface area contributed by atoms with Gasteiger partial charge in [-0.1, -0.05) is 25.5 Å². The average Bonchev–Trinajstić information content (AvgIpc) is 2.87. The maximum absolute atomic E-state index is 14.4. The van der Waals surface area contributed by atoms with Crippen molar-refractivity contribution in [1.82, 2.24) is 0 Å². The molecule has 1 aromatic carbocycles. The van der Waals surface area contributed by atoms with E-state index in [1.54, 1.807) is 25.1 Å². The minimum Gasteiger partial charge on any atom is -0.499 e. The molecule has 0 aromatic heterocycles. The number of ether oxygens (including phenoxy) is 4. The van der Waals surface area contributed by atoms with Gasteiger partial charge in [0.15, 0.2) is 10.3 Å². The Morgan fingerprint density at radius 1 is 1.22 bits per heavy atom. The maximum Gasteiger partial charge on any atom is 0.345 e. The Morgan fingerprint density at radius 2 is 1.97 bits per heavy atom. The number of methoxy groups -OCH3 is 2. The van der Waals surface area contributed by atoms with Crippen LogP contribution in [0.15, 0.2) is 53.5 Å². The van der Waals surface area contributed by atoms with Gasteiger partial charge in [0.1, 0.15) is 17.1 Å². The Hall–Kier alpha value is -3.06. The molecule has 0 radical (unpaired) electrons. The minimum atomic E-state index is -2.40. The largest absolute Gasteiger partial charge is 0.499 e. The second-order valence-electron chi connectivity index (χ2n) is 9.94. The van der Waals surface area contributed by atoms with Gasteiger partial charge in [0, 0.05) is 5.41 Å². The van der Waals surface area contributed by atoms with Gasteiger partial charge >= 0.3 is 17.7 Å². The first kappa shape index (κ1) is 24.6. The summed E-state index contributed by atoms with van der Waals surface area (Å²) < 4.78 is 22.5. The molecular weight excluding hydrogens is 488 g/mol. The van der Waals surface area contributed by atoms with Gasteiger partial charge in [-0.15, -0.1) is 17.3 Å². The first-order valence-corrected chi connectivity index (χ1v) is 12.2. The molecule has 2 fully saturated rings. The van der Waals surface area contributed by atoms with Gasteiger partial charge in [0.05, 0.1) is 20.3 Å². The molecule has 190 valence electrons. The van der Waals surface area contributed by atoms with Gasteiger partial charge in [-0.3, -0.25) is 9.59 Å². The predicted molar refractivity (Wildman–Crippen MR) is 127 cm³/mol. The number of esters is 2. The van der Waals surface area contributed by atoms with Crippen LogP contribution in [0.2, 0.25) is 0 Å². The molecule has 6 rings (SSSR count). The number of rotatable bonds is 3. The highest BCUT2D eigenvalue weighted by Crippen LogP contribution is 2.67. The SMILES string of the molecule is COC(=O)[C@@]12C=C(OC)[C@](Cl)(C(=O)C13OC(=O)c1ccccc1O3)[C@@](C)(C=C=C1CCCC[C@@H]1O)C2. The van der Waals surface area contributed by atoms with Crippen molar-refractivity contribution in [2.24, 2.45) is 10.8 Å². The number of allylic oxidation sites excluding steroid dienone is 1. The molecule has 1 heterocycles. The second kappa shape index (κ2) is 8.23. The summed E-state index contributed by atoms with van der Waals surface area (Å²) in [6, 6.07) is 6.30. The Bertz CT molecular complexity index is 1260. The summed E-state index contributed by atoms with van der Waals surface area (Å²) in [5.74, 6) is -4.82. The number of halogens is 1. The van der Waals surface area contributed by atoms with Crippen molar-refractivity contribution in [1.29, 1.82) is 0 Å². The van der Waals surface area contributed by atoms with Crippen LogP contribution >= 0.6 is 11.6 Å². The molecule has 5 atom stereocenters. The van der Waals surface area contributed by atoms with Gasteiger partial charge < -0.3 is 24.1 Å². The van der Waals surface area contributed by atoms with Gasteiger partial charge in [-0.25, -0.2) is 4.79 Å². The highest BCUT2D eigenvalue weighted by molar-refractivity contribution is 6.41. The fourth-order valence-corrected chi connectivity index (χ4v) is 6.32. The molecule has 8 nitrogen and oxygen atoms in total. The number of carbonyl (C=O) groups excluding carboxylic acids is 3. The summed E-state index contributed by atoms with van der Waals surface area (Å²) in [7, 11) is 2.52. The number of fused-ring (bicyclic) bond motifs is 2. The summed E-state index contributed by atoms with van der Waals surface area (Å²) in [6.45, 7) is 1.70. The van der Waals surface area contributed by atoms with Crippen LogP contribution in [0.3, 0.4) is 0 Å². The van der Waals surface area contributed by atoms with E-state index in [-0.39, 0.29) is 23.5 Å². The summed E-state index contributed by atoms with van der Waals surface area (Å²) in [5.41, 5.74) is 0.836.